The molecule has 16 heavy (non-hydrogen) atoms. The van der Waals surface area contributed by atoms with Gasteiger partial charge in [-0.05, 0) is 18.8 Å². The van der Waals surface area contributed by atoms with Gasteiger partial charge >= 0.3 is 0 Å². The van der Waals surface area contributed by atoms with E-state index in [9.17, 15) is 13.5 Å². The fraction of sp³-hybridized carbons (Fsp3) is 1.00. The summed E-state index contributed by atoms with van der Waals surface area (Å²) in [5.74, 6) is 0.0407. The maximum absolute atomic E-state index is 11.4. The highest BCUT2D eigenvalue weighted by Gasteiger charge is 2.26. The average Bonchev–Trinajstić information content (AvgIpc) is 2.62. The molecule has 1 saturated carbocycles. The Balaban J connectivity index is 2.24. The molecule has 3 N–H and O–H groups in total. The molecular weight excluding hydrogens is 232 g/mol. The van der Waals surface area contributed by atoms with Crippen LogP contribution < -0.4 is 9.44 Å². The van der Waals surface area contributed by atoms with Crippen LogP contribution in [0.2, 0.25) is 0 Å². The van der Waals surface area contributed by atoms with Crippen molar-refractivity contribution in [2.24, 2.45) is 5.92 Å². The van der Waals surface area contributed by atoms with E-state index in [1.807, 2.05) is 0 Å². The third-order valence-corrected chi connectivity index (χ3v) is 3.88. The van der Waals surface area contributed by atoms with Crippen molar-refractivity contribution < 1.29 is 18.3 Å². The van der Waals surface area contributed by atoms with Crippen LogP contribution in [0.25, 0.3) is 0 Å². The van der Waals surface area contributed by atoms with Gasteiger partial charge in [0.15, 0.2) is 0 Å². The molecule has 0 bridgehead atoms. The minimum absolute atomic E-state index is 0.0407. The predicted octanol–water partition coefficient (Wildman–Crippen LogP) is -0.782. The van der Waals surface area contributed by atoms with Crippen molar-refractivity contribution in [1.82, 2.24) is 9.44 Å². The molecule has 0 amide bonds. The molecule has 1 aliphatic carbocycles. The number of aliphatic hydroxyl groups excluding tert-OH is 1. The zero-order chi connectivity index (χ0) is 12.0. The average molecular weight is 252 g/mol. The smallest absolute Gasteiger partial charge is 0.276 e. The standard InChI is InChI=1S/C9H20N2O4S/c1-15-6-5-10-16(13,14)11-7-8-3-2-4-9(8)12/h8-12H,2-7H2,1H3. The van der Waals surface area contributed by atoms with E-state index in [0.717, 1.165) is 19.3 Å². The van der Waals surface area contributed by atoms with E-state index in [1.54, 1.807) is 0 Å². The van der Waals surface area contributed by atoms with Crippen LogP contribution >= 0.6 is 0 Å². The number of hydrogen-bond donors (Lipinski definition) is 3. The molecule has 0 spiro atoms. The quantitative estimate of drug-likeness (QED) is 0.519. The monoisotopic (exact) mass is 252 g/mol. The molecule has 2 atom stereocenters. The second-order valence-corrected chi connectivity index (χ2v) is 5.58. The third kappa shape index (κ3) is 4.75. The van der Waals surface area contributed by atoms with Gasteiger partial charge in [-0.1, -0.05) is 6.42 Å². The van der Waals surface area contributed by atoms with Gasteiger partial charge in [0.05, 0.1) is 12.7 Å². The van der Waals surface area contributed by atoms with Crippen LogP contribution in [-0.2, 0) is 14.9 Å². The van der Waals surface area contributed by atoms with Crippen LogP contribution in [0.1, 0.15) is 19.3 Å². The van der Waals surface area contributed by atoms with E-state index < -0.39 is 10.2 Å². The highest BCUT2D eigenvalue weighted by Crippen LogP contribution is 2.24. The van der Waals surface area contributed by atoms with Crippen LogP contribution in [0.5, 0.6) is 0 Å². The van der Waals surface area contributed by atoms with Crippen molar-refractivity contribution in [2.75, 3.05) is 26.8 Å². The Kier molecular flexibility index (Phi) is 5.63. The normalized spacial score (nSPS) is 26.1. The summed E-state index contributed by atoms with van der Waals surface area (Å²) in [7, 11) is -1.95. The molecule has 0 radical (unpaired) electrons. The van der Waals surface area contributed by atoms with Crippen molar-refractivity contribution in [1.29, 1.82) is 0 Å². The molecule has 0 aliphatic heterocycles. The molecule has 1 fully saturated rings. The maximum atomic E-state index is 11.4. The first-order valence-corrected chi connectivity index (χ1v) is 6.95. The van der Waals surface area contributed by atoms with E-state index in [1.165, 1.54) is 7.11 Å². The summed E-state index contributed by atoms with van der Waals surface area (Å²) in [5.41, 5.74) is 0. The highest BCUT2D eigenvalue weighted by atomic mass is 32.2. The van der Waals surface area contributed by atoms with E-state index in [4.69, 9.17) is 4.74 Å². The van der Waals surface area contributed by atoms with E-state index in [0.29, 0.717) is 13.2 Å². The van der Waals surface area contributed by atoms with Crippen molar-refractivity contribution in [3.8, 4) is 0 Å². The predicted molar refractivity (Wildman–Crippen MR) is 60.1 cm³/mol. The molecule has 0 aromatic carbocycles. The van der Waals surface area contributed by atoms with Crippen LogP contribution in [0.15, 0.2) is 0 Å². The molecule has 1 rings (SSSR count). The Labute approximate surface area is 96.6 Å². The second kappa shape index (κ2) is 6.51. The van der Waals surface area contributed by atoms with Crippen molar-refractivity contribution in [3.05, 3.63) is 0 Å². The molecular formula is C9H20N2O4S. The molecule has 1 aliphatic rings. The number of ether oxygens (including phenoxy) is 1. The largest absolute Gasteiger partial charge is 0.393 e. The maximum Gasteiger partial charge on any atom is 0.276 e. The summed E-state index contributed by atoms with van der Waals surface area (Å²) >= 11 is 0. The molecule has 0 aromatic heterocycles. The zero-order valence-corrected chi connectivity index (χ0v) is 10.3. The van der Waals surface area contributed by atoms with E-state index >= 15 is 0 Å². The van der Waals surface area contributed by atoms with Crippen molar-refractivity contribution in [2.45, 2.75) is 25.4 Å². The van der Waals surface area contributed by atoms with Crippen LogP contribution in [-0.4, -0.2) is 46.4 Å². The van der Waals surface area contributed by atoms with Gasteiger partial charge in [0, 0.05) is 20.2 Å². The Morgan fingerprint density at radius 3 is 2.69 bits per heavy atom. The first kappa shape index (κ1) is 13.9. The van der Waals surface area contributed by atoms with Crippen LogP contribution in [0.3, 0.4) is 0 Å². The van der Waals surface area contributed by atoms with Gasteiger partial charge in [-0.3, -0.25) is 0 Å². The summed E-state index contributed by atoms with van der Waals surface area (Å²) < 4.78 is 32.3. The van der Waals surface area contributed by atoms with E-state index in [-0.39, 0.29) is 18.6 Å². The number of rotatable bonds is 7. The molecule has 0 saturated heterocycles. The fourth-order valence-electron chi connectivity index (χ4n) is 1.80. The van der Waals surface area contributed by atoms with Gasteiger partial charge < -0.3 is 9.84 Å². The lowest BCUT2D eigenvalue weighted by molar-refractivity contribution is 0.134. The van der Waals surface area contributed by atoms with Crippen LogP contribution in [0.4, 0.5) is 0 Å². The van der Waals surface area contributed by atoms with Gasteiger partial charge in [0.1, 0.15) is 0 Å². The minimum atomic E-state index is -3.46. The Morgan fingerprint density at radius 1 is 1.38 bits per heavy atom. The molecule has 96 valence electrons. The fourth-order valence-corrected chi connectivity index (χ4v) is 2.69. The summed E-state index contributed by atoms with van der Waals surface area (Å²) in [6.45, 7) is 0.884. The SMILES string of the molecule is COCCNS(=O)(=O)NCC1CCCC1O. The van der Waals surface area contributed by atoms with Gasteiger partial charge in [-0.2, -0.15) is 13.1 Å². The Hall–Kier alpha value is -0.210. The lowest BCUT2D eigenvalue weighted by Crippen LogP contribution is -2.41. The number of nitrogens with one attached hydrogen (secondary N) is 2. The lowest BCUT2D eigenvalue weighted by atomic mass is 10.1. The van der Waals surface area contributed by atoms with Gasteiger partial charge in [-0.15, -0.1) is 0 Å². The molecule has 7 heteroatoms. The number of aliphatic hydroxyl groups is 1. The Bertz CT molecular complexity index is 294. The summed E-state index contributed by atoms with van der Waals surface area (Å²) in [6, 6.07) is 0. The number of methoxy groups -OCH3 is 1. The van der Waals surface area contributed by atoms with Gasteiger partial charge in [0.2, 0.25) is 0 Å². The van der Waals surface area contributed by atoms with Gasteiger partial charge in [0.25, 0.3) is 10.2 Å². The van der Waals surface area contributed by atoms with Crippen LogP contribution in [0, 0.1) is 5.92 Å². The number of hydrogen-bond acceptors (Lipinski definition) is 4. The second-order valence-electron chi connectivity index (χ2n) is 4.00. The molecule has 6 nitrogen and oxygen atoms in total. The van der Waals surface area contributed by atoms with Gasteiger partial charge in [-0.25, -0.2) is 4.72 Å². The summed E-state index contributed by atoms with van der Waals surface area (Å²) in [6.07, 6.45) is 2.23. The van der Waals surface area contributed by atoms with Crippen molar-refractivity contribution in [3.63, 3.8) is 0 Å². The molecule has 0 aromatic rings. The molecule has 2 unspecified atom stereocenters. The molecule has 0 heterocycles. The Morgan fingerprint density at radius 2 is 2.12 bits per heavy atom. The zero-order valence-electron chi connectivity index (χ0n) is 9.48. The lowest BCUT2D eigenvalue weighted by Gasteiger charge is -2.15. The minimum Gasteiger partial charge on any atom is -0.393 e. The topological polar surface area (TPSA) is 87.7 Å². The van der Waals surface area contributed by atoms with E-state index in [2.05, 4.69) is 9.44 Å². The first-order valence-electron chi connectivity index (χ1n) is 5.46. The summed E-state index contributed by atoms with van der Waals surface area (Å²) in [5, 5.41) is 9.52. The summed E-state index contributed by atoms with van der Waals surface area (Å²) in [4.78, 5) is 0. The van der Waals surface area contributed by atoms with Crippen molar-refractivity contribution >= 4 is 10.2 Å². The first-order chi connectivity index (χ1) is 7.55. The third-order valence-electron chi connectivity index (χ3n) is 2.75. The highest BCUT2D eigenvalue weighted by molar-refractivity contribution is 7.87.